The lowest BCUT2D eigenvalue weighted by Crippen LogP contribution is -2.43. The van der Waals surface area contributed by atoms with E-state index in [-0.39, 0.29) is 5.41 Å². The van der Waals surface area contributed by atoms with Crippen molar-refractivity contribution in [2.24, 2.45) is 0 Å². The Balaban J connectivity index is 2.02. The van der Waals surface area contributed by atoms with E-state index in [0.717, 1.165) is 30.6 Å². The fraction of sp³-hybridized carbons (Fsp3) is 0.857. The van der Waals surface area contributed by atoms with Crippen molar-refractivity contribution < 1.29 is 0 Å². The molecule has 1 atom stereocenters. The molecule has 1 aliphatic heterocycles. The highest BCUT2D eigenvalue weighted by Crippen LogP contribution is 2.25. The van der Waals surface area contributed by atoms with Gasteiger partial charge in [-0.1, -0.05) is 27.2 Å². The van der Waals surface area contributed by atoms with Crippen LogP contribution in [0.5, 0.6) is 0 Å². The lowest BCUT2D eigenvalue weighted by Gasteiger charge is -2.29. The molecule has 19 heavy (non-hydrogen) atoms. The predicted octanol–water partition coefficient (Wildman–Crippen LogP) is 2.80. The molecule has 0 amide bonds. The molecule has 2 rings (SSSR count). The maximum Gasteiger partial charge on any atom is 0.205 e. The second-order valence-corrected chi connectivity index (χ2v) is 7.07. The number of rotatable bonds is 4. The smallest absolute Gasteiger partial charge is 0.205 e. The van der Waals surface area contributed by atoms with E-state index in [1.165, 1.54) is 30.8 Å². The Hall–Kier alpha value is -0.680. The molecule has 0 saturated carbocycles. The lowest BCUT2D eigenvalue weighted by atomic mass is 9.96. The fourth-order valence-corrected chi connectivity index (χ4v) is 3.27. The van der Waals surface area contributed by atoms with Gasteiger partial charge in [-0.25, -0.2) is 4.98 Å². The van der Waals surface area contributed by atoms with Crippen molar-refractivity contribution in [3.63, 3.8) is 0 Å². The molecule has 1 fully saturated rings. The zero-order chi connectivity index (χ0) is 13.9. The molecule has 1 aromatic heterocycles. The van der Waals surface area contributed by atoms with Crippen molar-refractivity contribution in [2.75, 3.05) is 24.5 Å². The highest BCUT2D eigenvalue weighted by atomic mass is 32.1. The summed E-state index contributed by atoms with van der Waals surface area (Å²) in [4.78, 5) is 7.08. The fourth-order valence-electron chi connectivity index (χ4n) is 2.34. The van der Waals surface area contributed by atoms with Crippen LogP contribution in [-0.2, 0) is 5.41 Å². The Morgan fingerprint density at radius 2 is 2.16 bits per heavy atom. The minimum Gasteiger partial charge on any atom is -0.346 e. The molecule has 1 saturated heterocycles. The van der Waals surface area contributed by atoms with Crippen LogP contribution >= 0.6 is 11.5 Å². The second-order valence-electron chi connectivity index (χ2n) is 6.34. The van der Waals surface area contributed by atoms with Crippen LogP contribution in [0.15, 0.2) is 0 Å². The Labute approximate surface area is 120 Å². The largest absolute Gasteiger partial charge is 0.346 e. The molecule has 0 spiro atoms. The third-order valence-electron chi connectivity index (χ3n) is 3.59. The normalized spacial score (nSPS) is 20.5. The van der Waals surface area contributed by atoms with Crippen LogP contribution < -0.4 is 10.2 Å². The number of piperidine rings is 1. The zero-order valence-electron chi connectivity index (χ0n) is 12.6. The Bertz CT molecular complexity index is 390. The van der Waals surface area contributed by atoms with Gasteiger partial charge < -0.3 is 10.2 Å². The van der Waals surface area contributed by atoms with Gasteiger partial charge in [-0.3, -0.25) is 0 Å². The molecule has 4 nitrogen and oxygen atoms in total. The SMILES string of the molecule is CCN(CC1CCCCN1)c1nc(C(C)(C)C)ns1. The average molecular weight is 282 g/mol. The van der Waals surface area contributed by atoms with E-state index in [1.54, 1.807) is 0 Å². The molecule has 0 radical (unpaired) electrons. The molecule has 0 bridgehead atoms. The first kappa shape index (κ1) is 14.7. The van der Waals surface area contributed by atoms with Crippen LogP contribution in [0.4, 0.5) is 5.13 Å². The van der Waals surface area contributed by atoms with Gasteiger partial charge in [0, 0.05) is 36.1 Å². The summed E-state index contributed by atoms with van der Waals surface area (Å²) in [5.74, 6) is 0.961. The van der Waals surface area contributed by atoms with Gasteiger partial charge in [0.05, 0.1) is 0 Å². The molecular weight excluding hydrogens is 256 g/mol. The molecule has 0 aromatic carbocycles. The van der Waals surface area contributed by atoms with Crippen molar-refractivity contribution in [3.8, 4) is 0 Å². The molecule has 2 heterocycles. The monoisotopic (exact) mass is 282 g/mol. The van der Waals surface area contributed by atoms with Gasteiger partial charge >= 0.3 is 0 Å². The van der Waals surface area contributed by atoms with Crippen LogP contribution in [0.2, 0.25) is 0 Å². The average Bonchev–Trinajstić information content (AvgIpc) is 2.86. The van der Waals surface area contributed by atoms with Gasteiger partial charge in [-0.15, -0.1) is 0 Å². The van der Waals surface area contributed by atoms with Crippen LogP contribution in [0.3, 0.4) is 0 Å². The second kappa shape index (κ2) is 6.18. The number of nitrogens with one attached hydrogen (secondary N) is 1. The maximum absolute atomic E-state index is 4.72. The molecule has 1 aromatic rings. The summed E-state index contributed by atoms with van der Waals surface area (Å²) >= 11 is 1.53. The summed E-state index contributed by atoms with van der Waals surface area (Å²) in [5.41, 5.74) is 0.0389. The third-order valence-corrected chi connectivity index (χ3v) is 4.37. The van der Waals surface area contributed by atoms with Gasteiger partial charge in [0.25, 0.3) is 0 Å². The number of aromatic nitrogens is 2. The van der Waals surface area contributed by atoms with Crippen LogP contribution in [0.25, 0.3) is 0 Å². The summed E-state index contributed by atoms with van der Waals surface area (Å²) in [6, 6.07) is 0.607. The molecule has 5 heteroatoms. The summed E-state index contributed by atoms with van der Waals surface area (Å²) in [6.07, 6.45) is 3.94. The van der Waals surface area contributed by atoms with E-state index in [0.29, 0.717) is 6.04 Å². The Kier molecular flexibility index (Phi) is 4.79. The van der Waals surface area contributed by atoms with E-state index >= 15 is 0 Å². The topological polar surface area (TPSA) is 41.0 Å². The number of hydrogen-bond donors (Lipinski definition) is 1. The zero-order valence-corrected chi connectivity index (χ0v) is 13.4. The number of anilines is 1. The third kappa shape index (κ3) is 3.89. The standard InChI is InChI=1S/C14H26N4S/c1-5-18(10-11-8-6-7-9-15-11)13-16-12(17-19-13)14(2,3)4/h11,15H,5-10H2,1-4H3. The number of likely N-dealkylation sites (N-methyl/N-ethyl adjacent to an activating group) is 1. The molecule has 0 aliphatic carbocycles. The lowest BCUT2D eigenvalue weighted by molar-refractivity contribution is 0.400. The van der Waals surface area contributed by atoms with Gasteiger partial charge in [-0.2, -0.15) is 4.37 Å². The van der Waals surface area contributed by atoms with E-state index in [9.17, 15) is 0 Å². The van der Waals surface area contributed by atoms with Gasteiger partial charge in [0.15, 0.2) is 0 Å². The number of hydrogen-bond acceptors (Lipinski definition) is 5. The van der Waals surface area contributed by atoms with Crippen LogP contribution in [0.1, 0.15) is 52.8 Å². The summed E-state index contributed by atoms with van der Waals surface area (Å²) in [6.45, 7) is 11.9. The van der Waals surface area contributed by atoms with Crippen molar-refractivity contribution >= 4 is 16.7 Å². The van der Waals surface area contributed by atoms with E-state index in [1.807, 2.05) is 0 Å². The Morgan fingerprint density at radius 1 is 1.37 bits per heavy atom. The summed E-state index contributed by atoms with van der Waals surface area (Å²) < 4.78 is 4.52. The minimum atomic E-state index is 0.0389. The first-order valence-corrected chi connectivity index (χ1v) is 8.10. The first-order valence-electron chi connectivity index (χ1n) is 7.33. The molecule has 108 valence electrons. The summed E-state index contributed by atoms with van der Waals surface area (Å²) in [7, 11) is 0. The van der Waals surface area contributed by atoms with E-state index in [4.69, 9.17) is 4.98 Å². The van der Waals surface area contributed by atoms with Crippen molar-refractivity contribution in [1.82, 2.24) is 14.7 Å². The molecule has 1 aliphatic rings. The quantitative estimate of drug-likeness (QED) is 0.922. The maximum atomic E-state index is 4.72. The van der Waals surface area contributed by atoms with E-state index in [2.05, 4.69) is 42.3 Å². The van der Waals surface area contributed by atoms with Crippen molar-refractivity contribution in [2.45, 2.75) is 58.4 Å². The highest BCUT2D eigenvalue weighted by Gasteiger charge is 2.23. The molecule has 1 N–H and O–H groups in total. The highest BCUT2D eigenvalue weighted by molar-refractivity contribution is 7.09. The van der Waals surface area contributed by atoms with E-state index < -0.39 is 0 Å². The van der Waals surface area contributed by atoms with Gasteiger partial charge in [0.1, 0.15) is 5.82 Å². The molecule has 1 unspecified atom stereocenters. The number of nitrogens with zero attached hydrogens (tertiary/aromatic N) is 3. The molecular formula is C14H26N4S. The predicted molar refractivity (Wildman–Crippen MR) is 82.1 cm³/mol. The van der Waals surface area contributed by atoms with Crippen molar-refractivity contribution in [1.29, 1.82) is 0 Å². The van der Waals surface area contributed by atoms with Crippen molar-refractivity contribution in [3.05, 3.63) is 5.82 Å². The van der Waals surface area contributed by atoms with Crippen LogP contribution in [-0.4, -0.2) is 35.0 Å². The van der Waals surface area contributed by atoms with Gasteiger partial charge in [0.2, 0.25) is 5.13 Å². The van der Waals surface area contributed by atoms with Gasteiger partial charge in [-0.05, 0) is 26.3 Å². The first-order chi connectivity index (χ1) is 9.00. The van der Waals surface area contributed by atoms with Crippen LogP contribution in [0, 0.1) is 0 Å². The Morgan fingerprint density at radius 3 is 2.68 bits per heavy atom. The summed E-state index contributed by atoms with van der Waals surface area (Å²) in [5, 5.41) is 4.67. The minimum absolute atomic E-state index is 0.0389.